The summed E-state index contributed by atoms with van der Waals surface area (Å²) in [5.41, 5.74) is 5.52. The van der Waals surface area contributed by atoms with E-state index < -0.39 is 11.7 Å². The number of rotatable bonds is 7. The molecule has 21 heavy (non-hydrogen) atoms. The molecule has 1 aromatic carbocycles. The number of nitrogens with zero attached hydrogens (tertiary/aromatic N) is 1. The van der Waals surface area contributed by atoms with Crippen LogP contribution >= 0.6 is 0 Å². The van der Waals surface area contributed by atoms with Crippen molar-refractivity contribution in [3.63, 3.8) is 0 Å². The van der Waals surface area contributed by atoms with Gasteiger partial charge in [-0.1, -0.05) is 6.07 Å². The number of likely N-dealkylation sites (N-methyl/N-ethyl adjacent to an activating group) is 1. The standard InChI is InChI=1S/C15H23F3N2O/c1-11(2)21-9-8-20(3)13-5-4-12(6-7-19)14(10-13)15(16,17)18/h4-5,10-11H,6-9,19H2,1-3H3. The Balaban J connectivity index is 2.89. The Morgan fingerprint density at radius 2 is 1.95 bits per heavy atom. The Morgan fingerprint density at radius 3 is 2.48 bits per heavy atom. The average Bonchev–Trinajstić information content (AvgIpc) is 2.37. The highest BCUT2D eigenvalue weighted by Gasteiger charge is 2.33. The zero-order chi connectivity index (χ0) is 16.0. The molecule has 0 amide bonds. The molecule has 0 atom stereocenters. The van der Waals surface area contributed by atoms with Crippen LogP contribution in [0.25, 0.3) is 0 Å². The second-order valence-corrected chi connectivity index (χ2v) is 5.22. The van der Waals surface area contributed by atoms with E-state index in [1.165, 1.54) is 12.1 Å². The number of anilines is 1. The Labute approximate surface area is 123 Å². The van der Waals surface area contributed by atoms with Crippen LogP contribution in [0.3, 0.4) is 0 Å². The minimum Gasteiger partial charge on any atom is -0.377 e. The van der Waals surface area contributed by atoms with Crippen molar-refractivity contribution in [2.24, 2.45) is 5.73 Å². The second kappa shape index (κ2) is 7.66. The van der Waals surface area contributed by atoms with Gasteiger partial charge in [-0.25, -0.2) is 0 Å². The number of ether oxygens (including phenoxy) is 1. The van der Waals surface area contributed by atoms with E-state index in [4.69, 9.17) is 10.5 Å². The number of hydrogen-bond donors (Lipinski definition) is 1. The Kier molecular flexibility index (Phi) is 6.48. The molecule has 0 unspecified atom stereocenters. The second-order valence-electron chi connectivity index (χ2n) is 5.22. The maximum atomic E-state index is 13.1. The first kappa shape index (κ1) is 17.8. The van der Waals surface area contributed by atoms with Crippen molar-refractivity contribution in [2.45, 2.75) is 32.5 Å². The van der Waals surface area contributed by atoms with Gasteiger partial charge in [-0.2, -0.15) is 13.2 Å². The SMILES string of the molecule is CC(C)OCCN(C)c1ccc(CCN)c(C(F)(F)F)c1. The van der Waals surface area contributed by atoms with Crippen molar-refractivity contribution < 1.29 is 17.9 Å². The van der Waals surface area contributed by atoms with Crippen molar-refractivity contribution in [1.82, 2.24) is 0 Å². The third-order valence-corrected chi connectivity index (χ3v) is 3.13. The van der Waals surface area contributed by atoms with Crippen LogP contribution in [-0.2, 0) is 17.3 Å². The summed E-state index contributed by atoms with van der Waals surface area (Å²) >= 11 is 0. The van der Waals surface area contributed by atoms with Gasteiger partial charge in [-0.3, -0.25) is 0 Å². The lowest BCUT2D eigenvalue weighted by Crippen LogP contribution is -2.24. The van der Waals surface area contributed by atoms with Gasteiger partial charge >= 0.3 is 6.18 Å². The van der Waals surface area contributed by atoms with Crippen LogP contribution in [0.1, 0.15) is 25.0 Å². The van der Waals surface area contributed by atoms with Gasteiger partial charge in [0.05, 0.1) is 18.3 Å². The lowest BCUT2D eigenvalue weighted by atomic mass is 10.0. The van der Waals surface area contributed by atoms with E-state index in [-0.39, 0.29) is 24.6 Å². The van der Waals surface area contributed by atoms with E-state index in [9.17, 15) is 13.2 Å². The maximum absolute atomic E-state index is 13.1. The fourth-order valence-electron chi connectivity index (χ4n) is 1.99. The van der Waals surface area contributed by atoms with Gasteiger partial charge in [-0.05, 0) is 44.5 Å². The van der Waals surface area contributed by atoms with Crippen LogP contribution in [-0.4, -0.2) is 32.8 Å². The summed E-state index contributed by atoms with van der Waals surface area (Å²) in [5, 5.41) is 0. The minimum absolute atomic E-state index is 0.107. The summed E-state index contributed by atoms with van der Waals surface area (Å²) < 4.78 is 44.7. The fraction of sp³-hybridized carbons (Fsp3) is 0.600. The summed E-state index contributed by atoms with van der Waals surface area (Å²) in [6.45, 7) is 5.04. The van der Waals surface area contributed by atoms with Crippen molar-refractivity contribution in [3.8, 4) is 0 Å². The van der Waals surface area contributed by atoms with E-state index >= 15 is 0 Å². The molecule has 120 valence electrons. The summed E-state index contributed by atoms with van der Waals surface area (Å²) in [6.07, 6.45) is -4.04. The van der Waals surface area contributed by atoms with E-state index in [2.05, 4.69) is 0 Å². The van der Waals surface area contributed by atoms with E-state index in [0.29, 0.717) is 18.8 Å². The van der Waals surface area contributed by atoms with Gasteiger partial charge in [0.2, 0.25) is 0 Å². The molecule has 0 fully saturated rings. The molecule has 0 aliphatic carbocycles. The first-order valence-electron chi connectivity index (χ1n) is 6.98. The van der Waals surface area contributed by atoms with Gasteiger partial charge < -0.3 is 15.4 Å². The van der Waals surface area contributed by atoms with Crippen LogP contribution in [0.5, 0.6) is 0 Å². The average molecular weight is 304 g/mol. The van der Waals surface area contributed by atoms with Gasteiger partial charge in [-0.15, -0.1) is 0 Å². The lowest BCUT2D eigenvalue weighted by Gasteiger charge is -2.22. The van der Waals surface area contributed by atoms with Crippen molar-refractivity contribution in [3.05, 3.63) is 29.3 Å². The molecule has 3 nitrogen and oxygen atoms in total. The number of benzene rings is 1. The van der Waals surface area contributed by atoms with Crippen molar-refractivity contribution in [1.29, 1.82) is 0 Å². The molecule has 1 rings (SSSR count). The maximum Gasteiger partial charge on any atom is 0.416 e. The molecule has 2 N–H and O–H groups in total. The van der Waals surface area contributed by atoms with Gasteiger partial charge in [0.15, 0.2) is 0 Å². The number of alkyl halides is 3. The van der Waals surface area contributed by atoms with E-state index in [0.717, 1.165) is 0 Å². The van der Waals surface area contributed by atoms with Crippen LogP contribution in [0.4, 0.5) is 18.9 Å². The van der Waals surface area contributed by atoms with Gasteiger partial charge in [0.1, 0.15) is 0 Å². The monoisotopic (exact) mass is 304 g/mol. The summed E-state index contributed by atoms with van der Waals surface area (Å²) in [6, 6.07) is 4.38. The summed E-state index contributed by atoms with van der Waals surface area (Å²) in [7, 11) is 1.75. The predicted octanol–water partition coefficient (Wildman–Crippen LogP) is 3.07. The highest BCUT2D eigenvalue weighted by Crippen LogP contribution is 2.34. The molecule has 0 bridgehead atoms. The Morgan fingerprint density at radius 1 is 1.29 bits per heavy atom. The molecule has 0 saturated carbocycles. The van der Waals surface area contributed by atoms with Crippen LogP contribution in [0.2, 0.25) is 0 Å². The van der Waals surface area contributed by atoms with E-state index in [1.807, 2.05) is 13.8 Å². The third-order valence-electron chi connectivity index (χ3n) is 3.13. The summed E-state index contributed by atoms with van der Waals surface area (Å²) in [5.74, 6) is 0. The van der Waals surface area contributed by atoms with Crippen LogP contribution < -0.4 is 10.6 Å². The van der Waals surface area contributed by atoms with E-state index in [1.54, 1.807) is 18.0 Å². The van der Waals surface area contributed by atoms with Crippen molar-refractivity contribution >= 4 is 5.69 Å². The molecule has 0 aliphatic heterocycles. The lowest BCUT2D eigenvalue weighted by molar-refractivity contribution is -0.138. The zero-order valence-corrected chi connectivity index (χ0v) is 12.7. The smallest absolute Gasteiger partial charge is 0.377 e. The zero-order valence-electron chi connectivity index (χ0n) is 12.7. The third kappa shape index (κ3) is 5.55. The molecule has 0 aliphatic rings. The molecular weight excluding hydrogens is 281 g/mol. The van der Waals surface area contributed by atoms with Crippen LogP contribution in [0, 0.1) is 0 Å². The molecule has 0 aromatic heterocycles. The first-order chi connectivity index (χ1) is 9.75. The van der Waals surface area contributed by atoms with Crippen molar-refractivity contribution in [2.75, 3.05) is 31.6 Å². The molecule has 0 radical (unpaired) electrons. The largest absolute Gasteiger partial charge is 0.416 e. The molecule has 6 heteroatoms. The predicted molar refractivity (Wildman–Crippen MR) is 78.6 cm³/mol. The first-order valence-corrected chi connectivity index (χ1v) is 6.98. The summed E-state index contributed by atoms with van der Waals surface area (Å²) in [4.78, 5) is 1.75. The molecule has 0 saturated heterocycles. The molecular formula is C15H23F3N2O. The molecule has 0 spiro atoms. The molecule has 0 heterocycles. The highest BCUT2D eigenvalue weighted by atomic mass is 19.4. The number of hydrogen-bond acceptors (Lipinski definition) is 3. The fourth-order valence-corrected chi connectivity index (χ4v) is 1.99. The quantitative estimate of drug-likeness (QED) is 0.841. The minimum atomic E-state index is -4.37. The van der Waals surface area contributed by atoms with Gasteiger partial charge in [0.25, 0.3) is 0 Å². The van der Waals surface area contributed by atoms with Gasteiger partial charge in [0, 0.05) is 19.3 Å². The topological polar surface area (TPSA) is 38.5 Å². The number of nitrogens with two attached hydrogens (primary N) is 1. The number of halogens is 3. The highest BCUT2D eigenvalue weighted by molar-refractivity contribution is 5.51. The van der Waals surface area contributed by atoms with Crippen LogP contribution in [0.15, 0.2) is 18.2 Å². The Hall–Kier alpha value is -1.27. The molecule has 1 aromatic rings. The normalized spacial score (nSPS) is 12.0. The Bertz CT molecular complexity index is 447.